The van der Waals surface area contributed by atoms with Gasteiger partial charge in [0.2, 0.25) is 0 Å². The van der Waals surface area contributed by atoms with E-state index in [0.717, 1.165) is 11.1 Å². The summed E-state index contributed by atoms with van der Waals surface area (Å²) in [7, 11) is -0.374. The van der Waals surface area contributed by atoms with E-state index in [1.165, 1.54) is 0 Å². The molecule has 3 unspecified atom stereocenters. The van der Waals surface area contributed by atoms with Crippen molar-refractivity contribution in [2.75, 3.05) is 18.6 Å². The molecule has 0 bridgehead atoms. The van der Waals surface area contributed by atoms with Crippen molar-refractivity contribution in [2.24, 2.45) is 0 Å². The third-order valence-corrected chi connectivity index (χ3v) is 5.62. The number of ether oxygens (including phenoxy) is 1. The minimum Gasteiger partial charge on any atom is -0.617 e. The van der Waals surface area contributed by atoms with Gasteiger partial charge in [0.25, 0.3) is 0 Å². The Morgan fingerprint density at radius 1 is 1.10 bits per heavy atom. The highest BCUT2D eigenvalue weighted by molar-refractivity contribution is 7.90. The van der Waals surface area contributed by atoms with Crippen molar-refractivity contribution in [3.63, 3.8) is 0 Å². The topological polar surface area (TPSA) is 87.7 Å². The minimum atomic E-state index is -0.989. The van der Waals surface area contributed by atoms with Gasteiger partial charge < -0.3 is 14.6 Å². The monoisotopic (exact) mass is 435 g/mol. The molecule has 156 valence electrons. The number of benzene rings is 2. The Kier molecular flexibility index (Phi) is 10.7. The van der Waals surface area contributed by atoms with Crippen molar-refractivity contribution in [1.29, 1.82) is 0 Å². The maximum absolute atomic E-state index is 12.4. The Bertz CT molecular complexity index is 732. The van der Waals surface area contributed by atoms with Crippen LogP contribution in [0.2, 0.25) is 0 Å². The molecule has 0 aromatic heterocycles. The lowest BCUT2D eigenvalue weighted by Gasteiger charge is -2.28. The first-order chi connectivity index (χ1) is 14.1. The van der Waals surface area contributed by atoms with Crippen LogP contribution in [-0.4, -0.2) is 35.3 Å². The normalized spacial score (nSPS) is 14.1. The number of nitrogens with one attached hydrogen (secondary N) is 1. The highest BCUT2D eigenvalue weighted by Gasteiger charge is 2.26. The van der Waals surface area contributed by atoms with Gasteiger partial charge in [0.15, 0.2) is 0 Å². The van der Waals surface area contributed by atoms with Crippen molar-refractivity contribution in [3.05, 3.63) is 71.8 Å². The van der Waals surface area contributed by atoms with E-state index in [0.29, 0.717) is 18.6 Å². The Labute approximate surface area is 176 Å². The Hall–Kier alpha value is -1.92. The van der Waals surface area contributed by atoms with Crippen LogP contribution in [0.4, 0.5) is 4.79 Å². The number of carbonyl (C=O) groups excluding carboxylic acids is 1. The third-order valence-electron chi connectivity index (χ3n) is 4.52. The maximum atomic E-state index is 12.4. The van der Waals surface area contributed by atoms with Crippen LogP contribution in [0.15, 0.2) is 60.7 Å². The molecular weight excluding hydrogens is 409 g/mol. The number of carbonyl (C=O) groups is 1. The summed E-state index contributed by atoms with van der Waals surface area (Å²) in [4.78, 5) is 12.4. The predicted octanol–water partition coefficient (Wildman–Crippen LogP) is 4.45. The average molecular weight is 435 g/mol. The van der Waals surface area contributed by atoms with Gasteiger partial charge in [-0.2, -0.15) is 0 Å². The maximum Gasteiger partial charge on any atom is 0.407 e. The van der Waals surface area contributed by atoms with E-state index in [9.17, 15) is 13.9 Å². The molecule has 2 aromatic rings. The van der Waals surface area contributed by atoms with Gasteiger partial charge in [-0.3, -0.25) is 4.52 Å². The van der Waals surface area contributed by atoms with Crippen LogP contribution in [0, 0.1) is 0 Å². The van der Waals surface area contributed by atoms with Crippen LogP contribution in [-0.2, 0) is 31.6 Å². The molecule has 0 saturated heterocycles. The zero-order valence-corrected chi connectivity index (χ0v) is 18.1. The number of hydrogen-bond donors (Lipinski definition) is 1. The zero-order valence-electron chi connectivity index (χ0n) is 16.4. The van der Waals surface area contributed by atoms with Gasteiger partial charge in [-0.05, 0) is 17.5 Å². The number of rotatable bonds is 12. The fourth-order valence-electron chi connectivity index (χ4n) is 3.10. The van der Waals surface area contributed by atoms with Crippen molar-refractivity contribution < 1.29 is 23.2 Å². The second-order valence-corrected chi connectivity index (χ2v) is 8.55. The summed E-state index contributed by atoms with van der Waals surface area (Å²) in [5.41, 5.74) is 1.92. The molecule has 0 heterocycles. The van der Waals surface area contributed by atoms with Crippen molar-refractivity contribution in [3.8, 4) is 0 Å². The predicted molar refractivity (Wildman–Crippen MR) is 114 cm³/mol. The highest BCUT2D eigenvalue weighted by Crippen LogP contribution is 2.27. The Balaban J connectivity index is 2.09. The Morgan fingerprint density at radius 2 is 1.76 bits per heavy atom. The van der Waals surface area contributed by atoms with E-state index >= 15 is 0 Å². The fraction of sp³-hybridized carbons (Fsp3) is 0.381. The molecule has 3 atom stereocenters. The lowest BCUT2D eigenvalue weighted by molar-refractivity contribution is 0.132. The van der Waals surface area contributed by atoms with E-state index < -0.39 is 17.3 Å². The molecule has 8 heteroatoms. The van der Waals surface area contributed by atoms with Gasteiger partial charge in [0, 0.05) is 18.4 Å². The summed E-state index contributed by atoms with van der Waals surface area (Å²) in [6, 6.07) is 18.9. The van der Waals surface area contributed by atoms with E-state index in [2.05, 4.69) is 5.32 Å². The molecule has 0 aliphatic heterocycles. The SMILES string of the molecule is C[S+]([O-])CCC(NC(=O)OCc1ccccc1)C(CCOP=O)c1ccccc1. The molecule has 1 N–H and O–H groups in total. The second-order valence-electron chi connectivity index (χ2n) is 6.59. The first-order valence-electron chi connectivity index (χ1n) is 9.37. The molecular formula is C21H26NO5PS. The van der Waals surface area contributed by atoms with Crippen LogP contribution < -0.4 is 5.32 Å². The van der Waals surface area contributed by atoms with Crippen molar-refractivity contribution in [1.82, 2.24) is 5.32 Å². The van der Waals surface area contributed by atoms with Crippen LogP contribution in [0.1, 0.15) is 29.9 Å². The standard InChI is InChI=1S/C21H26NO5PS/c1-29(25)15-13-20(22-21(23)26-16-17-8-4-2-5-9-17)19(12-14-27-28-24)18-10-6-3-7-11-18/h2-11,19-20H,12-16H2,1H3,(H,22,23). The molecule has 2 rings (SSSR count). The first-order valence-corrected chi connectivity index (χ1v) is 11.8. The van der Waals surface area contributed by atoms with Crippen LogP contribution in [0.3, 0.4) is 0 Å². The third kappa shape index (κ3) is 8.96. The summed E-state index contributed by atoms with van der Waals surface area (Å²) in [6.45, 7) is 0.449. The molecule has 0 saturated carbocycles. The average Bonchev–Trinajstić information content (AvgIpc) is 2.74. The van der Waals surface area contributed by atoms with Gasteiger partial charge in [0.05, 0.1) is 12.9 Å². The highest BCUT2D eigenvalue weighted by atomic mass is 32.2. The van der Waals surface area contributed by atoms with Crippen LogP contribution >= 0.6 is 8.69 Å². The molecule has 2 aromatic carbocycles. The molecule has 0 fully saturated rings. The zero-order chi connectivity index (χ0) is 20.9. The van der Waals surface area contributed by atoms with Gasteiger partial charge in [-0.1, -0.05) is 71.8 Å². The van der Waals surface area contributed by atoms with Crippen LogP contribution in [0.5, 0.6) is 0 Å². The molecule has 0 aliphatic rings. The minimum absolute atomic E-state index is 0.0919. The number of hydrogen-bond acceptors (Lipinski definition) is 5. The molecule has 1 amide bonds. The van der Waals surface area contributed by atoms with E-state index in [-0.39, 0.29) is 33.9 Å². The van der Waals surface area contributed by atoms with Crippen LogP contribution in [0.25, 0.3) is 0 Å². The Morgan fingerprint density at radius 3 is 2.38 bits per heavy atom. The summed E-state index contributed by atoms with van der Waals surface area (Å²) >= 11 is -0.989. The van der Waals surface area contributed by atoms with Gasteiger partial charge >= 0.3 is 14.8 Å². The molecule has 0 spiro atoms. The summed E-state index contributed by atoms with van der Waals surface area (Å²) < 4.78 is 32.7. The molecule has 29 heavy (non-hydrogen) atoms. The van der Waals surface area contributed by atoms with E-state index in [1.54, 1.807) is 6.26 Å². The smallest absolute Gasteiger partial charge is 0.407 e. The van der Waals surface area contributed by atoms with Gasteiger partial charge in [0.1, 0.15) is 12.4 Å². The second kappa shape index (κ2) is 13.3. The number of alkyl carbamates (subject to hydrolysis) is 1. The van der Waals surface area contributed by atoms with E-state index in [4.69, 9.17) is 9.26 Å². The lowest BCUT2D eigenvalue weighted by Crippen LogP contribution is -2.41. The molecule has 6 nitrogen and oxygen atoms in total. The summed E-state index contributed by atoms with van der Waals surface area (Å²) in [5, 5.41) is 2.94. The molecule has 0 aliphatic carbocycles. The number of amides is 1. The van der Waals surface area contributed by atoms with Gasteiger partial charge in [-0.15, -0.1) is 0 Å². The molecule has 0 radical (unpaired) electrons. The van der Waals surface area contributed by atoms with Crippen molar-refractivity contribution >= 4 is 26.0 Å². The first kappa shape index (κ1) is 23.4. The summed E-state index contributed by atoms with van der Waals surface area (Å²) in [6.07, 6.45) is 2.20. The van der Waals surface area contributed by atoms with Crippen molar-refractivity contribution in [2.45, 2.75) is 31.4 Å². The lowest BCUT2D eigenvalue weighted by atomic mass is 9.87. The fourth-order valence-corrected chi connectivity index (χ4v) is 3.87. The van der Waals surface area contributed by atoms with Gasteiger partial charge in [-0.25, -0.2) is 9.36 Å². The summed E-state index contributed by atoms with van der Waals surface area (Å²) in [5.74, 6) is 0.360. The largest absolute Gasteiger partial charge is 0.617 e. The van der Waals surface area contributed by atoms with E-state index in [1.807, 2.05) is 60.7 Å². The quantitative estimate of drug-likeness (QED) is 0.302.